The van der Waals surface area contributed by atoms with Crippen molar-refractivity contribution < 1.29 is 4.79 Å². The molecule has 0 aliphatic heterocycles. The quantitative estimate of drug-likeness (QED) is 0.890. The van der Waals surface area contributed by atoms with Crippen LogP contribution in [0.3, 0.4) is 0 Å². The Bertz CT molecular complexity index is 602. The number of nitrogens with zero attached hydrogens (tertiary/aromatic N) is 2. The highest BCUT2D eigenvalue weighted by atomic mass is 32.1. The second-order valence-electron chi connectivity index (χ2n) is 5.00. The summed E-state index contributed by atoms with van der Waals surface area (Å²) in [7, 11) is 0. The lowest BCUT2D eigenvalue weighted by Gasteiger charge is -2.11. The molecule has 0 bridgehead atoms. The van der Waals surface area contributed by atoms with E-state index in [-0.39, 0.29) is 11.9 Å². The molecule has 2 rings (SSSR count). The molecule has 2 aromatic rings. The Labute approximate surface area is 122 Å². The number of rotatable bonds is 5. The number of amides is 1. The van der Waals surface area contributed by atoms with Gasteiger partial charge in [-0.25, -0.2) is 4.98 Å². The zero-order valence-corrected chi connectivity index (χ0v) is 13.1. The molecule has 2 aromatic heterocycles. The van der Waals surface area contributed by atoms with Crippen LogP contribution in [-0.4, -0.2) is 21.1 Å². The minimum Gasteiger partial charge on any atom is -0.348 e. The fraction of sp³-hybridized carbons (Fsp3) is 0.500. The molecule has 0 aromatic carbocycles. The first-order valence-electron chi connectivity index (χ1n) is 6.69. The maximum absolute atomic E-state index is 12.0. The predicted octanol–water partition coefficient (Wildman–Crippen LogP) is 2.60. The van der Waals surface area contributed by atoms with Crippen molar-refractivity contribution in [2.24, 2.45) is 0 Å². The van der Waals surface area contributed by atoms with Gasteiger partial charge >= 0.3 is 0 Å². The van der Waals surface area contributed by atoms with Crippen molar-refractivity contribution in [3.05, 3.63) is 33.0 Å². The van der Waals surface area contributed by atoms with Crippen molar-refractivity contribution in [3.63, 3.8) is 0 Å². The molecule has 0 spiro atoms. The van der Waals surface area contributed by atoms with E-state index in [1.165, 1.54) is 0 Å². The molecule has 2 N–H and O–H groups in total. The summed E-state index contributed by atoms with van der Waals surface area (Å²) in [5.74, 6) is 0.0307. The lowest BCUT2D eigenvalue weighted by atomic mass is 10.1. The van der Waals surface area contributed by atoms with Crippen LogP contribution in [0, 0.1) is 20.8 Å². The van der Waals surface area contributed by atoms with Gasteiger partial charge in [-0.1, -0.05) is 0 Å². The first kappa shape index (κ1) is 14.7. The molecule has 1 amide bonds. The number of aromatic nitrogens is 3. The van der Waals surface area contributed by atoms with Crippen LogP contribution in [0.2, 0.25) is 0 Å². The second-order valence-corrected chi connectivity index (χ2v) is 6.06. The smallest absolute Gasteiger partial charge is 0.220 e. The van der Waals surface area contributed by atoms with Gasteiger partial charge in [-0.2, -0.15) is 5.10 Å². The Morgan fingerprint density at radius 2 is 2.20 bits per heavy atom. The van der Waals surface area contributed by atoms with Crippen molar-refractivity contribution >= 4 is 17.2 Å². The third-order valence-corrected chi connectivity index (χ3v) is 4.19. The minimum atomic E-state index is -0.0468. The SMILES string of the molecule is Cc1nc([C@@H](C)NC(=O)CCc2n[nH]c(C)c2C)cs1. The molecule has 0 unspecified atom stereocenters. The van der Waals surface area contributed by atoms with Crippen LogP contribution in [0.25, 0.3) is 0 Å². The van der Waals surface area contributed by atoms with Crippen LogP contribution < -0.4 is 5.32 Å². The Balaban J connectivity index is 1.85. The van der Waals surface area contributed by atoms with Gasteiger partial charge in [-0.05, 0) is 33.3 Å². The van der Waals surface area contributed by atoms with Crippen LogP contribution in [0.4, 0.5) is 0 Å². The number of hydrogen-bond donors (Lipinski definition) is 2. The molecule has 1 atom stereocenters. The largest absolute Gasteiger partial charge is 0.348 e. The van der Waals surface area contributed by atoms with E-state index < -0.39 is 0 Å². The van der Waals surface area contributed by atoms with E-state index in [1.807, 2.05) is 33.1 Å². The number of thiazole rings is 1. The summed E-state index contributed by atoms with van der Waals surface area (Å²) in [5, 5.41) is 13.1. The van der Waals surface area contributed by atoms with Crippen molar-refractivity contribution in [1.29, 1.82) is 0 Å². The molecule has 108 valence electrons. The zero-order chi connectivity index (χ0) is 14.7. The lowest BCUT2D eigenvalue weighted by molar-refractivity contribution is -0.121. The van der Waals surface area contributed by atoms with Gasteiger partial charge in [-0.15, -0.1) is 11.3 Å². The van der Waals surface area contributed by atoms with E-state index in [0.29, 0.717) is 12.8 Å². The van der Waals surface area contributed by atoms with Gasteiger partial charge in [0.1, 0.15) is 0 Å². The van der Waals surface area contributed by atoms with Crippen LogP contribution >= 0.6 is 11.3 Å². The molecular weight excluding hydrogens is 272 g/mol. The maximum Gasteiger partial charge on any atom is 0.220 e. The molecule has 2 heterocycles. The third kappa shape index (κ3) is 3.45. The van der Waals surface area contributed by atoms with Crippen LogP contribution in [0.5, 0.6) is 0 Å². The van der Waals surface area contributed by atoms with Crippen molar-refractivity contribution in [2.75, 3.05) is 0 Å². The molecule has 0 aliphatic rings. The van der Waals surface area contributed by atoms with E-state index >= 15 is 0 Å². The lowest BCUT2D eigenvalue weighted by Crippen LogP contribution is -2.27. The highest BCUT2D eigenvalue weighted by molar-refractivity contribution is 7.09. The molecule has 20 heavy (non-hydrogen) atoms. The average Bonchev–Trinajstić information content (AvgIpc) is 2.96. The average molecular weight is 292 g/mol. The summed E-state index contributed by atoms with van der Waals surface area (Å²) >= 11 is 1.60. The first-order valence-corrected chi connectivity index (χ1v) is 7.57. The molecule has 0 aliphatic carbocycles. The Morgan fingerprint density at radius 3 is 2.75 bits per heavy atom. The van der Waals surface area contributed by atoms with Gasteiger partial charge in [0.15, 0.2) is 0 Å². The number of carbonyl (C=O) groups excluding carboxylic acids is 1. The number of aromatic amines is 1. The van der Waals surface area contributed by atoms with Crippen molar-refractivity contribution in [2.45, 2.75) is 46.6 Å². The number of aryl methyl sites for hydroxylation is 3. The van der Waals surface area contributed by atoms with Gasteiger partial charge in [0.2, 0.25) is 5.91 Å². The van der Waals surface area contributed by atoms with Gasteiger partial charge < -0.3 is 5.32 Å². The van der Waals surface area contributed by atoms with Crippen LogP contribution in [-0.2, 0) is 11.2 Å². The summed E-state index contributed by atoms with van der Waals surface area (Å²) in [5.41, 5.74) is 4.09. The summed E-state index contributed by atoms with van der Waals surface area (Å²) in [6, 6.07) is -0.0468. The van der Waals surface area contributed by atoms with E-state index in [2.05, 4.69) is 20.5 Å². The van der Waals surface area contributed by atoms with Crippen LogP contribution in [0.1, 0.15) is 47.0 Å². The summed E-state index contributed by atoms with van der Waals surface area (Å²) in [6.45, 7) is 7.92. The molecule has 0 saturated carbocycles. The topological polar surface area (TPSA) is 70.7 Å². The van der Waals surface area contributed by atoms with Gasteiger partial charge in [-0.3, -0.25) is 9.89 Å². The predicted molar refractivity (Wildman–Crippen MR) is 79.8 cm³/mol. The number of H-pyrrole nitrogens is 1. The Hall–Kier alpha value is -1.69. The molecule has 0 fully saturated rings. The highest BCUT2D eigenvalue weighted by Crippen LogP contribution is 2.16. The van der Waals surface area contributed by atoms with Gasteiger partial charge in [0.25, 0.3) is 0 Å². The molecule has 6 heteroatoms. The number of carbonyl (C=O) groups is 1. The molecule has 0 saturated heterocycles. The monoisotopic (exact) mass is 292 g/mol. The fourth-order valence-electron chi connectivity index (χ4n) is 1.98. The zero-order valence-electron chi connectivity index (χ0n) is 12.3. The fourth-order valence-corrected chi connectivity index (χ4v) is 2.68. The molecule has 0 radical (unpaired) electrons. The Kier molecular flexibility index (Phi) is 4.54. The van der Waals surface area contributed by atoms with E-state index in [0.717, 1.165) is 27.7 Å². The Morgan fingerprint density at radius 1 is 1.45 bits per heavy atom. The summed E-state index contributed by atoms with van der Waals surface area (Å²) in [4.78, 5) is 16.3. The van der Waals surface area contributed by atoms with Gasteiger partial charge in [0.05, 0.1) is 22.4 Å². The van der Waals surface area contributed by atoms with E-state index in [1.54, 1.807) is 11.3 Å². The van der Waals surface area contributed by atoms with Crippen molar-refractivity contribution in [3.8, 4) is 0 Å². The second kappa shape index (κ2) is 6.17. The summed E-state index contributed by atoms with van der Waals surface area (Å²) < 4.78 is 0. The third-order valence-electron chi connectivity index (χ3n) is 3.40. The number of nitrogens with one attached hydrogen (secondary N) is 2. The highest BCUT2D eigenvalue weighted by Gasteiger charge is 2.13. The maximum atomic E-state index is 12.0. The summed E-state index contributed by atoms with van der Waals surface area (Å²) in [6.07, 6.45) is 1.10. The molecule has 5 nitrogen and oxygen atoms in total. The van der Waals surface area contributed by atoms with E-state index in [9.17, 15) is 4.79 Å². The minimum absolute atomic E-state index is 0.0307. The van der Waals surface area contributed by atoms with Crippen LogP contribution in [0.15, 0.2) is 5.38 Å². The standard InChI is InChI=1S/C14H20N4OS/c1-8-9(2)17-18-12(8)5-6-14(19)15-10(3)13-7-20-11(4)16-13/h7,10H,5-6H2,1-4H3,(H,15,19)(H,17,18)/t10-/m1/s1. The molecular formula is C14H20N4OS. The normalized spacial score (nSPS) is 12.4. The first-order chi connectivity index (χ1) is 9.47. The van der Waals surface area contributed by atoms with Gasteiger partial charge in [0, 0.05) is 23.9 Å². The number of hydrogen-bond acceptors (Lipinski definition) is 4. The van der Waals surface area contributed by atoms with E-state index in [4.69, 9.17) is 0 Å². The van der Waals surface area contributed by atoms with Crippen molar-refractivity contribution in [1.82, 2.24) is 20.5 Å².